The Morgan fingerprint density at radius 2 is 1.93 bits per heavy atom. The second-order valence-electron chi connectivity index (χ2n) is 8.41. The number of rotatable bonds is 4. The summed E-state index contributed by atoms with van der Waals surface area (Å²) in [4.78, 5) is 14.7. The van der Waals surface area contributed by atoms with Crippen molar-refractivity contribution < 1.29 is 4.79 Å². The fourth-order valence-corrected chi connectivity index (χ4v) is 4.49. The molecule has 2 aromatic rings. The average molecular weight is 398 g/mol. The van der Waals surface area contributed by atoms with Crippen molar-refractivity contribution in [3.63, 3.8) is 0 Å². The molecule has 1 aliphatic heterocycles. The Kier molecular flexibility index (Phi) is 5.80. The van der Waals surface area contributed by atoms with Crippen LogP contribution < -0.4 is 10.3 Å². The van der Waals surface area contributed by atoms with Crippen LogP contribution in [-0.2, 0) is 0 Å². The second kappa shape index (κ2) is 7.96. The third-order valence-corrected chi connectivity index (χ3v) is 5.55. The Labute approximate surface area is 172 Å². The molecule has 28 heavy (non-hydrogen) atoms. The van der Waals surface area contributed by atoms with Gasteiger partial charge in [-0.25, -0.2) is 5.43 Å². The molecule has 0 fully saturated rings. The minimum atomic E-state index is -0.257. The molecule has 0 saturated heterocycles. The van der Waals surface area contributed by atoms with E-state index in [0.29, 0.717) is 22.5 Å². The Bertz CT molecular complexity index is 887. The molecular weight excluding hydrogens is 370 g/mol. The van der Waals surface area contributed by atoms with Crippen molar-refractivity contribution in [2.24, 2.45) is 5.10 Å². The van der Waals surface area contributed by atoms with Gasteiger partial charge in [-0.1, -0.05) is 24.6 Å². The molecule has 0 radical (unpaired) electrons. The minimum Gasteiger partial charge on any atom is -0.364 e. The van der Waals surface area contributed by atoms with Gasteiger partial charge in [-0.15, -0.1) is 0 Å². The number of nitrogens with one attached hydrogen (secondary N) is 1. The third-order valence-electron chi connectivity index (χ3n) is 5.30. The van der Waals surface area contributed by atoms with E-state index in [1.807, 2.05) is 0 Å². The van der Waals surface area contributed by atoms with E-state index in [2.05, 4.69) is 68.2 Å². The summed E-state index contributed by atoms with van der Waals surface area (Å²) >= 11 is 5.85. The molecule has 3 rings (SSSR count). The maximum atomic E-state index is 12.1. The highest BCUT2D eigenvalue weighted by Gasteiger charge is 2.37. The molecule has 0 aromatic heterocycles. The SMILES string of the molecule is CC(C)N1c2ccc(/C=N\NC(=O)c3ccc(Cl)cc3)cc2[C@H](C)CC1(C)C. The van der Waals surface area contributed by atoms with Crippen LogP contribution >= 0.6 is 11.6 Å². The monoisotopic (exact) mass is 397 g/mol. The smallest absolute Gasteiger partial charge is 0.271 e. The standard InChI is InChI=1S/C23H28ClN3O/c1-15(2)27-21-11-6-17(12-20(21)16(3)13-23(27,4)5)14-25-26-22(28)18-7-9-19(24)10-8-18/h6-12,14-16H,13H2,1-5H3,(H,26,28)/b25-14-/t16-/m1/s1. The highest BCUT2D eigenvalue weighted by atomic mass is 35.5. The molecule has 1 heterocycles. The van der Waals surface area contributed by atoms with Gasteiger partial charge in [0.05, 0.1) is 6.21 Å². The summed E-state index contributed by atoms with van der Waals surface area (Å²) in [5, 5.41) is 4.72. The van der Waals surface area contributed by atoms with Crippen LogP contribution in [0.3, 0.4) is 0 Å². The molecule has 2 aromatic carbocycles. The number of nitrogens with zero attached hydrogens (tertiary/aromatic N) is 2. The lowest BCUT2D eigenvalue weighted by Gasteiger charge is -2.50. The van der Waals surface area contributed by atoms with Crippen LogP contribution in [0.5, 0.6) is 0 Å². The molecule has 1 atom stereocenters. The Morgan fingerprint density at radius 1 is 1.25 bits per heavy atom. The summed E-state index contributed by atoms with van der Waals surface area (Å²) in [7, 11) is 0. The number of hydrazone groups is 1. The molecule has 0 unspecified atom stereocenters. The van der Waals surface area contributed by atoms with Gasteiger partial charge in [-0.2, -0.15) is 5.10 Å². The van der Waals surface area contributed by atoms with Crippen LogP contribution in [0.25, 0.3) is 0 Å². The first-order chi connectivity index (χ1) is 13.2. The number of amides is 1. The van der Waals surface area contributed by atoms with Crippen molar-refractivity contribution in [3.05, 3.63) is 64.2 Å². The van der Waals surface area contributed by atoms with Gasteiger partial charge in [-0.3, -0.25) is 4.79 Å². The van der Waals surface area contributed by atoms with Crippen LogP contribution in [-0.4, -0.2) is 23.7 Å². The minimum absolute atomic E-state index is 0.128. The highest BCUT2D eigenvalue weighted by Crippen LogP contribution is 2.44. The van der Waals surface area contributed by atoms with Crippen molar-refractivity contribution in [2.45, 2.75) is 58.5 Å². The van der Waals surface area contributed by atoms with Crippen molar-refractivity contribution >= 4 is 29.4 Å². The number of fused-ring (bicyclic) bond motifs is 1. The molecule has 5 heteroatoms. The zero-order chi connectivity index (χ0) is 20.5. The van der Waals surface area contributed by atoms with Crippen molar-refractivity contribution in [1.82, 2.24) is 5.43 Å². The van der Waals surface area contributed by atoms with Gasteiger partial charge in [-0.05, 0) is 87.6 Å². The Morgan fingerprint density at radius 3 is 2.57 bits per heavy atom. The van der Waals surface area contributed by atoms with Gasteiger partial charge >= 0.3 is 0 Å². The summed E-state index contributed by atoms with van der Waals surface area (Å²) < 4.78 is 0. The maximum Gasteiger partial charge on any atom is 0.271 e. The fraction of sp³-hybridized carbons (Fsp3) is 0.391. The number of benzene rings is 2. The first kappa shape index (κ1) is 20.4. The topological polar surface area (TPSA) is 44.7 Å². The van der Waals surface area contributed by atoms with Gasteiger partial charge in [0, 0.05) is 27.9 Å². The molecule has 148 valence electrons. The van der Waals surface area contributed by atoms with Gasteiger partial charge in [0.15, 0.2) is 0 Å². The highest BCUT2D eigenvalue weighted by molar-refractivity contribution is 6.30. The van der Waals surface area contributed by atoms with Crippen molar-refractivity contribution in [3.8, 4) is 0 Å². The predicted octanol–water partition coefficient (Wildman–Crippen LogP) is 5.60. The first-order valence-corrected chi connectivity index (χ1v) is 10.1. The number of anilines is 1. The van der Waals surface area contributed by atoms with E-state index in [4.69, 9.17) is 11.6 Å². The fourth-order valence-electron chi connectivity index (χ4n) is 4.36. The zero-order valence-corrected chi connectivity index (χ0v) is 17.9. The van der Waals surface area contributed by atoms with Crippen LogP contribution in [0.2, 0.25) is 5.02 Å². The van der Waals surface area contributed by atoms with E-state index in [0.717, 1.165) is 12.0 Å². The molecule has 0 bridgehead atoms. The quantitative estimate of drug-likeness (QED) is 0.538. The lowest BCUT2D eigenvalue weighted by atomic mass is 9.79. The molecule has 0 spiro atoms. The predicted molar refractivity (Wildman–Crippen MR) is 118 cm³/mol. The number of carbonyl (C=O) groups is 1. The normalized spacial score (nSPS) is 18.4. The van der Waals surface area contributed by atoms with Crippen LogP contribution in [0.15, 0.2) is 47.6 Å². The van der Waals surface area contributed by atoms with Crippen molar-refractivity contribution in [2.75, 3.05) is 4.90 Å². The molecule has 1 aliphatic rings. The van der Waals surface area contributed by atoms with Crippen LogP contribution in [0.4, 0.5) is 5.69 Å². The van der Waals surface area contributed by atoms with E-state index >= 15 is 0 Å². The lowest BCUT2D eigenvalue weighted by molar-refractivity contribution is 0.0955. The van der Waals surface area contributed by atoms with E-state index in [-0.39, 0.29) is 11.4 Å². The first-order valence-electron chi connectivity index (χ1n) is 9.71. The largest absolute Gasteiger partial charge is 0.364 e. The Hall–Kier alpha value is -2.33. The molecule has 4 nitrogen and oxygen atoms in total. The number of hydrogen-bond acceptors (Lipinski definition) is 3. The summed E-state index contributed by atoms with van der Waals surface area (Å²) in [5.74, 6) is 0.212. The summed E-state index contributed by atoms with van der Waals surface area (Å²) in [6, 6.07) is 13.6. The maximum absolute atomic E-state index is 12.1. The van der Waals surface area contributed by atoms with Crippen LogP contribution in [0, 0.1) is 0 Å². The van der Waals surface area contributed by atoms with E-state index in [1.165, 1.54) is 11.3 Å². The molecule has 1 N–H and O–H groups in total. The van der Waals surface area contributed by atoms with Gasteiger partial charge in [0.1, 0.15) is 0 Å². The number of carbonyl (C=O) groups excluding carboxylic acids is 1. The van der Waals surface area contributed by atoms with E-state index in [1.54, 1.807) is 30.5 Å². The second-order valence-corrected chi connectivity index (χ2v) is 8.84. The summed E-state index contributed by atoms with van der Waals surface area (Å²) in [6.45, 7) is 11.4. The third kappa shape index (κ3) is 4.22. The summed E-state index contributed by atoms with van der Waals surface area (Å²) in [5.41, 5.74) is 6.83. The van der Waals surface area contributed by atoms with Gasteiger partial charge in [0.25, 0.3) is 5.91 Å². The molecule has 1 amide bonds. The Balaban J connectivity index is 1.78. The van der Waals surface area contributed by atoms with Crippen LogP contribution in [0.1, 0.15) is 68.4 Å². The molecule has 0 saturated carbocycles. The molecular formula is C23H28ClN3O. The lowest BCUT2D eigenvalue weighted by Crippen LogP contribution is -2.51. The number of halogens is 1. The zero-order valence-electron chi connectivity index (χ0n) is 17.2. The van der Waals surface area contributed by atoms with Gasteiger partial charge in [0.2, 0.25) is 0 Å². The van der Waals surface area contributed by atoms with Crippen molar-refractivity contribution in [1.29, 1.82) is 0 Å². The van der Waals surface area contributed by atoms with E-state index in [9.17, 15) is 4.79 Å². The summed E-state index contributed by atoms with van der Waals surface area (Å²) in [6.07, 6.45) is 2.80. The average Bonchev–Trinajstić information content (AvgIpc) is 2.61. The van der Waals surface area contributed by atoms with Gasteiger partial charge < -0.3 is 4.90 Å². The van der Waals surface area contributed by atoms with E-state index < -0.39 is 0 Å². The number of hydrogen-bond donors (Lipinski definition) is 1. The molecule has 0 aliphatic carbocycles.